The van der Waals surface area contributed by atoms with E-state index >= 15 is 0 Å². The lowest BCUT2D eigenvalue weighted by Gasteiger charge is -2.50. The van der Waals surface area contributed by atoms with Crippen LogP contribution in [0.15, 0.2) is 37.1 Å². The summed E-state index contributed by atoms with van der Waals surface area (Å²) < 4.78 is 5.22. The zero-order valence-corrected chi connectivity index (χ0v) is 17.2. The fourth-order valence-electron chi connectivity index (χ4n) is 4.63. The quantitative estimate of drug-likeness (QED) is 0.543. The Balaban J connectivity index is 1.64. The second kappa shape index (κ2) is 6.41. The molecule has 0 aromatic carbocycles. The van der Waals surface area contributed by atoms with Crippen molar-refractivity contribution in [3.05, 3.63) is 37.1 Å². The second-order valence-corrected chi connectivity index (χ2v) is 8.50. The van der Waals surface area contributed by atoms with Gasteiger partial charge in [-0.05, 0) is 25.8 Å². The number of nitrogens with two attached hydrogens (primary N) is 1. The molecule has 4 heterocycles. The lowest BCUT2D eigenvalue weighted by Crippen LogP contribution is -2.51. The maximum atomic E-state index is 9.45. The highest BCUT2D eigenvalue weighted by Crippen LogP contribution is 2.54. The highest BCUT2D eigenvalue weighted by atomic mass is 15.3. The van der Waals surface area contributed by atoms with E-state index in [0.717, 1.165) is 11.1 Å². The summed E-state index contributed by atoms with van der Waals surface area (Å²) in [5.74, 6) is 0.321. The predicted molar refractivity (Wildman–Crippen MR) is 112 cm³/mol. The number of aryl methyl sites for hydroxylation is 1. The van der Waals surface area contributed by atoms with Gasteiger partial charge in [0, 0.05) is 25.0 Å². The number of fused-ring (bicyclic) bond motifs is 1. The Bertz CT molecular complexity index is 1380. The molecule has 0 aliphatic heterocycles. The fourth-order valence-corrected chi connectivity index (χ4v) is 4.63. The van der Waals surface area contributed by atoms with Crippen molar-refractivity contribution in [2.24, 2.45) is 12.5 Å². The summed E-state index contributed by atoms with van der Waals surface area (Å²) in [5.41, 5.74) is 9.01. The molecule has 0 saturated heterocycles. The highest BCUT2D eigenvalue weighted by Gasteiger charge is 2.54. The minimum absolute atomic E-state index is 0.260. The van der Waals surface area contributed by atoms with Crippen LogP contribution in [-0.4, -0.2) is 34.2 Å². The Hall–Kier alpha value is -4.18. The van der Waals surface area contributed by atoms with Crippen LogP contribution in [0.3, 0.4) is 0 Å². The maximum Gasteiger partial charge on any atom is 0.155 e. The summed E-state index contributed by atoms with van der Waals surface area (Å²) in [7, 11) is 1.85. The van der Waals surface area contributed by atoms with E-state index in [0.29, 0.717) is 35.6 Å². The third kappa shape index (κ3) is 2.84. The first-order chi connectivity index (χ1) is 14.9. The van der Waals surface area contributed by atoms with Crippen molar-refractivity contribution in [3.63, 3.8) is 0 Å². The largest absolute Gasteiger partial charge is 0.382 e. The monoisotopic (exact) mass is 412 g/mol. The average Bonchev–Trinajstić information content (AvgIpc) is 3.45. The van der Waals surface area contributed by atoms with Crippen molar-refractivity contribution in [2.75, 3.05) is 5.73 Å². The van der Waals surface area contributed by atoms with E-state index in [9.17, 15) is 10.5 Å². The lowest BCUT2D eigenvalue weighted by molar-refractivity contribution is 0.0201. The third-order valence-corrected chi connectivity index (χ3v) is 5.99. The summed E-state index contributed by atoms with van der Waals surface area (Å²) in [4.78, 5) is 4.85. The molecule has 5 rings (SSSR count). The topological polar surface area (TPSA) is 139 Å². The van der Waals surface area contributed by atoms with Crippen LogP contribution in [0.4, 0.5) is 5.82 Å². The Kier molecular flexibility index (Phi) is 3.89. The molecule has 1 aliphatic rings. The van der Waals surface area contributed by atoms with Crippen molar-refractivity contribution >= 4 is 11.3 Å². The van der Waals surface area contributed by atoms with Crippen LogP contribution in [0.25, 0.3) is 28.0 Å². The summed E-state index contributed by atoms with van der Waals surface area (Å²) in [6, 6.07) is 6.46. The van der Waals surface area contributed by atoms with Gasteiger partial charge in [-0.25, -0.2) is 9.50 Å². The molecule has 4 aromatic heterocycles. The van der Waals surface area contributed by atoms with Gasteiger partial charge >= 0.3 is 0 Å². The number of hydrogen-bond donors (Lipinski definition) is 1. The molecular formula is C21H20N10. The van der Waals surface area contributed by atoms with Crippen molar-refractivity contribution in [1.29, 1.82) is 10.5 Å². The van der Waals surface area contributed by atoms with E-state index in [1.165, 1.54) is 0 Å². The van der Waals surface area contributed by atoms with Crippen LogP contribution in [0.5, 0.6) is 0 Å². The molecule has 0 amide bonds. The van der Waals surface area contributed by atoms with Crippen LogP contribution < -0.4 is 5.73 Å². The minimum atomic E-state index is -0.539. The van der Waals surface area contributed by atoms with Crippen LogP contribution in [0.2, 0.25) is 0 Å². The number of anilines is 1. The van der Waals surface area contributed by atoms with Gasteiger partial charge in [-0.2, -0.15) is 25.8 Å². The molecule has 0 bridgehead atoms. The van der Waals surface area contributed by atoms with E-state index in [2.05, 4.69) is 27.4 Å². The SMILES string of the molecule is Cn1cc(-c2cn3nccc3c(-c3cn(C4(CC#N)CC(C)(C#N)C4)nc3N)n2)cn1. The number of nitrogens with zero attached hydrogens (tertiary/aromatic N) is 9. The first-order valence-electron chi connectivity index (χ1n) is 9.84. The molecule has 0 spiro atoms. The zero-order chi connectivity index (χ0) is 21.8. The van der Waals surface area contributed by atoms with E-state index in [1.807, 2.05) is 38.6 Å². The van der Waals surface area contributed by atoms with Gasteiger partial charge in [0.05, 0.1) is 64.9 Å². The molecule has 1 aliphatic carbocycles. The van der Waals surface area contributed by atoms with Crippen molar-refractivity contribution in [1.82, 2.24) is 34.2 Å². The van der Waals surface area contributed by atoms with Gasteiger partial charge in [-0.15, -0.1) is 0 Å². The van der Waals surface area contributed by atoms with Gasteiger partial charge in [0.25, 0.3) is 0 Å². The van der Waals surface area contributed by atoms with Crippen LogP contribution in [-0.2, 0) is 12.6 Å². The summed E-state index contributed by atoms with van der Waals surface area (Å²) in [5, 5.41) is 32.0. The van der Waals surface area contributed by atoms with Crippen LogP contribution in [0, 0.1) is 28.1 Å². The van der Waals surface area contributed by atoms with Crippen LogP contribution in [0.1, 0.15) is 26.2 Å². The number of aromatic nitrogens is 7. The predicted octanol–water partition coefficient (Wildman–Crippen LogP) is 2.51. The molecular weight excluding hydrogens is 392 g/mol. The minimum Gasteiger partial charge on any atom is -0.382 e. The van der Waals surface area contributed by atoms with E-state index < -0.39 is 11.0 Å². The molecule has 10 heteroatoms. The molecule has 0 unspecified atom stereocenters. The molecule has 2 N–H and O–H groups in total. The van der Waals surface area contributed by atoms with Gasteiger partial charge in [0.2, 0.25) is 0 Å². The molecule has 10 nitrogen and oxygen atoms in total. The zero-order valence-electron chi connectivity index (χ0n) is 17.2. The molecule has 1 fully saturated rings. The van der Waals surface area contributed by atoms with Gasteiger partial charge in [0.1, 0.15) is 5.69 Å². The maximum absolute atomic E-state index is 9.45. The van der Waals surface area contributed by atoms with Gasteiger partial charge in [0.15, 0.2) is 5.82 Å². The summed E-state index contributed by atoms with van der Waals surface area (Å²) in [6.45, 7) is 1.91. The standard InChI is InChI=1S/C21H20N10/c1-20(13-23)11-21(12-20,4-5-22)31-9-15(19(24)28-31)18-17-3-6-25-30(17)10-16(27-18)14-7-26-29(2)8-14/h3,6-10H,4,11-12H2,1-2H3,(H2,24,28). The van der Waals surface area contributed by atoms with E-state index in [-0.39, 0.29) is 6.42 Å². The van der Waals surface area contributed by atoms with Crippen molar-refractivity contribution in [2.45, 2.75) is 31.7 Å². The number of rotatable bonds is 4. The summed E-state index contributed by atoms with van der Waals surface area (Å²) >= 11 is 0. The highest BCUT2D eigenvalue weighted by molar-refractivity contribution is 5.83. The van der Waals surface area contributed by atoms with Crippen molar-refractivity contribution < 1.29 is 0 Å². The van der Waals surface area contributed by atoms with E-state index in [4.69, 9.17) is 10.7 Å². The average molecular weight is 412 g/mol. The number of nitrogen functional groups attached to an aromatic ring is 1. The smallest absolute Gasteiger partial charge is 0.155 e. The van der Waals surface area contributed by atoms with Gasteiger partial charge in [-0.1, -0.05) is 0 Å². The second-order valence-electron chi connectivity index (χ2n) is 8.50. The Labute approximate surface area is 178 Å². The first-order valence-corrected chi connectivity index (χ1v) is 9.84. The molecule has 4 aromatic rings. The first kappa shape index (κ1) is 18.8. The Morgan fingerprint density at radius 1 is 1.19 bits per heavy atom. The number of nitriles is 2. The Morgan fingerprint density at radius 3 is 2.68 bits per heavy atom. The van der Waals surface area contributed by atoms with Gasteiger partial charge < -0.3 is 5.73 Å². The lowest BCUT2D eigenvalue weighted by atomic mass is 9.58. The fraction of sp³-hybridized carbons (Fsp3) is 0.333. The van der Waals surface area contributed by atoms with Crippen LogP contribution >= 0.6 is 0 Å². The normalized spacial score (nSPS) is 22.7. The van der Waals surface area contributed by atoms with Crippen molar-refractivity contribution in [3.8, 4) is 34.7 Å². The third-order valence-electron chi connectivity index (χ3n) is 5.99. The number of hydrogen-bond acceptors (Lipinski definition) is 7. The molecule has 0 atom stereocenters. The molecule has 1 saturated carbocycles. The molecule has 0 radical (unpaired) electrons. The Morgan fingerprint density at radius 2 is 2.00 bits per heavy atom. The van der Waals surface area contributed by atoms with Gasteiger partial charge in [-0.3, -0.25) is 9.36 Å². The van der Waals surface area contributed by atoms with E-state index in [1.54, 1.807) is 26.3 Å². The molecule has 31 heavy (non-hydrogen) atoms. The summed E-state index contributed by atoms with van der Waals surface area (Å²) in [6.07, 6.45) is 10.4. The molecule has 154 valence electrons.